The molecule has 0 atom stereocenters. The van der Waals surface area contributed by atoms with Crippen molar-refractivity contribution < 1.29 is 4.92 Å². The van der Waals surface area contributed by atoms with E-state index in [9.17, 15) is 10.1 Å². The van der Waals surface area contributed by atoms with Gasteiger partial charge in [0, 0.05) is 18.8 Å². The predicted octanol–water partition coefficient (Wildman–Crippen LogP) is 2.81. The Morgan fingerprint density at radius 1 is 1.37 bits per heavy atom. The van der Waals surface area contributed by atoms with Crippen LogP contribution < -0.4 is 5.32 Å². The first-order chi connectivity index (χ1) is 9.22. The maximum Gasteiger partial charge on any atom is 0.292 e. The van der Waals surface area contributed by atoms with E-state index >= 15 is 0 Å². The van der Waals surface area contributed by atoms with E-state index in [1.165, 1.54) is 6.07 Å². The fourth-order valence-corrected chi connectivity index (χ4v) is 1.89. The summed E-state index contributed by atoms with van der Waals surface area (Å²) < 4.78 is 1.90. The summed E-state index contributed by atoms with van der Waals surface area (Å²) in [5.74, 6) is 0. The van der Waals surface area contributed by atoms with Crippen LogP contribution in [-0.4, -0.2) is 14.7 Å². The quantitative estimate of drug-likeness (QED) is 0.640. The first-order valence-corrected chi connectivity index (χ1v) is 6.20. The summed E-state index contributed by atoms with van der Waals surface area (Å²) in [7, 11) is 0. The average molecular weight is 260 g/mol. The van der Waals surface area contributed by atoms with Crippen LogP contribution in [0.1, 0.15) is 19.0 Å². The molecule has 6 heteroatoms. The van der Waals surface area contributed by atoms with Gasteiger partial charge in [-0.05, 0) is 18.6 Å². The van der Waals surface area contributed by atoms with Crippen molar-refractivity contribution in [1.29, 1.82) is 0 Å². The molecule has 0 saturated heterocycles. The normalized spacial score (nSPS) is 10.4. The zero-order valence-electron chi connectivity index (χ0n) is 10.7. The molecule has 1 N–H and O–H groups in total. The molecule has 0 spiro atoms. The lowest BCUT2D eigenvalue weighted by Crippen LogP contribution is -2.09. The fourth-order valence-electron chi connectivity index (χ4n) is 1.89. The van der Waals surface area contributed by atoms with Gasteiger partial charge in [-0.1, -0.05) is 19.1 Å². The molecular formula is C13H16N4O2. The molecule has 100 valence electrons. The summed E-state index contributed by atoms with van der Waals surface area (Å²) in [4.78, 5) is 10.5. The number of aromatic nitrogens is 2. The molecular weight excluding hydrogens is 244 g/mol. The fraction of sp³-hybridized carbons (Fsp3) is 0.308. The molecule has 0 aliphatic heterocycles. The molecule has 0 unspecified atom stereocenters. The third kappa shape index (κ3) is 3.09. The lowest BCUT2D eigenvalue weighted by Gasteiger charge is -2.09. The van der Waals surface area contributed by atoms with Crippen molar-refractivity contribution in [1.82, 2.24) is 9.78 Å². The van der Waals surface area contributed by atoms with E-state index in [0.29, 0.717) is 12.2 Å². The summed E-state index contributed by atoms with van der Waals surface area (Å²) >= 11 is 0. The highest BCUT2D eigenvalue weighted by Crippen LogP contribution is 2.23. The zero-order chi connectivity index (χ0) is 13.7. The van der Waals surface area contributed by atoms with Gasteiger partial charge < -0.3 is 5.32 Å². The van der Waals surface area contributed by atoms with Crippen molar-refractivity contribution in [3.8, 4) is 0 Å². The van der Waals surface area contributed by atoms with Gasteiger partial charge in [0.05, 0.1) is 17.2 Å². The standard InChI is InChI=1S/C13H16N4O2/c1-2-9-16-11(7-8-15-16)10-14-12-5-3-4-6-13(12)17(18)19/h3-8,14H,2,9-10H2,1H3. The Bertz CT molecular complexity index is 565. The third-order valence-electron chi connectivity index (χ3n) is 2.80. The van der Waals surface area contributed by atoms with Crippen LogP contribution >= 0.6 is 0 Å². The Kier molecular flexibility index (Phi) is 4.12. The van der Waals surface area contributed by atoms with E-state index in [1.807, 2.05) is 10.7 Å². The molecule has 2 rings (SSSR count). The number of anilines is 1. The lowest BCUT2D eigenvalue weighted by atomic mass is 10.2. The molecule has 19 heavy (non-hydrogen) atoms. The minimum atomic E-state index is -0.383. The van der Waals surface area contributed by atoms with Gasteiger partial charge >= 0.3 is 0 Å². The summed E-state index contributed by atoms with van der Waals surface area (Å²) in [6.45, 7) is 3.45. The molecule has 1 aromatic heterocycles. The number of nitro benzene ring substituents is 1. The van der Waals surface area contributed by atoms with Crippen LogP contribution in [0.2, 0.25) is 0 Å². The highest BCUT2D eigenvalue weighted by Gasteiger charge is 2.12. The summed E-state index contributed by atoms with van der Waals surface area (Å²) in [6, 6.07) is 8.55. The van der Waals surface area contributed by atoms with Crippen LogP contribution in [0, 0.1) is 10.1 Å². The Labute approximate surface area is 111 Å². The second kappa shape index (κ2) is 5.99. The molecule has 0 aliphatic carbocycles. The Balaban J connectivity index is 2.10. The number of aryl methyl sites for hydroxylation is 1. The average Bonchev–Trinajstić information content (AvgIpc) is 2.84. The lowest BCUT2D eigenvalue weighted by molar-refractivity contribution is -0.384. The Morgan fingerprint density at radius 3 is 2.89 bits per heavy atom. The summed E-state index contributed by atoms with van der Waals surface area (Å²) in [5, 5.41) is 18.2. The number of benzene rings is 1. The molecule has 0 aliphatic rings. The van der Waals surface area contributed by atoms with E-state index in [2.05, 4.69) is 17.3 Å². The number of hydrogen-bond acceptors (Lipinski definition) is 4. The monoisotopic (exact) mass is 260 g/mol. The number of rotatable bonds is 6. The van der Waals surface area contributed by atoms with Crippen molar-refractivity contribution in [3.05, 3.63) is 52.3 Å². The molecule has 1 aromatic carbocycles. The SMILES string of the molecule is CCCn1nccc1CNc1ccccc1[N+](=O)[O-]. The molecule has 1 heterocycles. The first-order valence-electron chi connectivity index (χ1n) is 6.20. The van der Waals surface area contributed by atoms with E-state index in [-0.39, 0.29) is 10.6 Å². The summed E-state index contributed by atoms with van der Waals surface area (Å²) in [5.41, 5.74) is 1.63. The number of hydrogen-bond donors (Lipinski definition) is 1. The molecule has 0 radical (unpaired) electrons. The van der Waals surface area contributed by atoms with Crippen LogP contribution in [-0.2, 0) is 13.1 Å². The highest BCUT2D eigenvalue weighted by molar-refractivity contribution is 5.61. The Morgan fingerprint density at radius 2 is 2.16 bits per heavy atom. The predicted molar refractivity (Wildman–Crippen MR) is 72.9 cm³/mol. The van der Waals surface area contributed by atoms with Crippen LogP contribution in [0.5, 0.6) is 0 Å². The van der Waals surface area contributed by atoms with Crippen molar-refractivity contribution in [2.24, 2.45) is 0 Å². The van der Waals surface area contributed by atoms with Gasteiger partial charge in [0.15, 0.2) is 0 Å². The van der Waals surface area contributed by atoms with Crippen molar-refractivity contribution in [2.75, 3.05) is 5.32 Å². The largest absolute Gasteiger partial charge is 0.374 e. The van der Waals surface area contributed by atoms with E-state index in [0.717, 1.165) is 18.7 Å². The maximum atomic E-state index is 10.9. The molecule has 6 nitrogen and oxygen atoms in total. The molecule has 0 saturated carbocycles. The third-order valence-corrected chi connectivity index (χ3v) is 2.80. The second-order valence-electron chi connectivity index (χ2n) is 4.17. The smallest absolute Gasteiger partial charge is 0.292 e. The van der Waals surface area contributed by atoms with Crippen LogP contribution in [0.3, 0.4) is 0 Å². The van der Waals surface area contributed by atoms with Crippen molar-refractivity contribution in [2.45, 2.75) is 26.4 Å². The van der Waals surface area contributed by atoms with Gasteiger partial charge in [-0.3, -0.25) is 14.8 Å². The van der Waals surface area contributed by atoms with Gasteiger partial charge in [-0.15, -0.1) is 0 Å². The maximum absolute atomic E-state index is 10.9. The number of nitrogens with one attached hydrogen (secondary N) is 1. The van der Waals surface area contributed by atoms with Crippen LogP contribution in [0.4, 0.5) is 11.4 Å². The van der Waals surface area contributed by atoms with Crippen LogP contribution in [0.25, 0.3) is 0 Å². The van der Waals surface area contributed by atoms with Gasteiger partial charge in [-0.25, -0.2) is 0 Å². The van der Waals surface area contributed by atoms with Gasteiger partial charge in [0.2, 0.25) is 0 Å². The van der Waals surface area contributed by atoms with Gasteiger partial charge in [0.1, 0.15) is 5.69 Å². The molecule has 0 bridgehead atoms. The van der Waals surface area contributed by atoms with E-state index < -0.39 is 0 Å². The molecule has 0 fully saturated rings. The summed E-state index contributed by atoms with van der Waals surface area (Å²) in [6.07, 6.45) is 2.74. The molecule has 0 amide bonds. The first kappa shape index (κ1) is 13.1. The van der Waals surface area contributed by atoms with Gasteiger partial charge in [0.25, 0.3) is 5.69 Å². The number of nitrogens with zero attached hydrogens (tertiary/aromatic N) is 3. The number of nitro groups is 1. The minimum absolute atomic E-state index is 0.0871. The van der Waals surface area contributed by atoms with Gasteiger partial charge in [-0.2, -0.15) is 5.10 Å². The van der Waals surface area contributed by atoms with E-state index in [4.69, 9.17) is 0 Å². The molecule has 2 aromatic rings. The second-order valence-corrected chi connectivity index (χ2v) is 4.17. The number of para-hydroxylation sites is 2. The van der Waals surface area contributed by atoms with Crippen LogP contribution in [0.15, 0.2) is 36.5 Å². The highest BCUT2D eigenvalue weighted by atomic mass is 16.6. The zero-order valence-corrected chi connectivity index (χ0v) is 10.7. The Hall–Kier alpha value is -2.37. The van der Waals surface area contributed by atoms with Crippen molar-refractivity contribution >= 4 is 11.4 Å². The van der Waals surface area contributed by atoms with E-state index in [1.54, 1.807) is 24.4 Å². The topological polar surface area (TPSA) is 73.0 Å². The van der Waals surface area contributed by atoms with Crippen molar-refractivity contribution in [3.63, 3.8) is 0 Å². The minimum Gasteiger partial charge on any atom is -0.374 e.